The zero-order valence-corrected chi connectivity index (χ0v) is 14.8. The summed E-state index contributed by atoms with van der Waals surface area (Å²) in [5, 5.41) is 3.25. The minimum atomic E-state index is -0.308. The summed E-state index contributed by atoms with van der Waals surface area (Å²) in [5.41, 5.74) is 0.854. The van der Waals surface area contributed by atoms with Crippen LogP contribution in [0.15, 0.2) is 24.5 Å². The molecule has 136 valence electrons. The predicted octanol–water partition coefficient (Wildman–Crippen LogP) is 2.65. The molecule has 0 aromatic carbocycles. The first-order valence-corrected chi connectivity index (χ1v) is 9.47. The molecule has 1 aliphatic carbocycles. The van der Waals surface area contributed by atoms with Crippen molar-refractivity contribution in [3.63, 3.8) is 0 Å². The Labute approximate surface area is 148 Å². The highest BCUT2D eigenvalue weighted by atomic mass is 16.6. The molecule has 2 amide bonds. The van der Waals surface area contributed by atoms with Gasteiger partial charge in [0.25, 0.3) is 0 Å². The second-order valence-electron chi connectivity index (χ2n) is 7.22. The highest BCUT2D eigenvalue weighted by Crippen LogP contribution is 2.46. The maximum absolute atomic E-state index is 12.9. The van der Waals surface area contributed by atoms with Crippen molar-refractivity contribution >= 4 is 6.03 Å². The number of urea groups is 1. The molecule has 0 radical (unpaired) electrons. The van der Waals surface area contributed by atoms with Crippen LogP contribution >= 0.6 is 0 Å². The molecule has 4 unspecified atom stereocenters. The van der Waals surface area contributed by atoms with Crippen LogP contribution in [-0.2, 0) is 9.47 Å². The van der Waals surface area contributed by atoms with Gasteiger partial charge in [0.2, 0.25) is 0 Å². The average molecular weight is 345 g/mol. The van der Waals surface area contributed by atoms with Crippen LogP contribution in [0, 0.1) is 0 Å². The van der Waals surface area contributed by atoms with Crippen LogP contribution in [0.4, 0.5) is 4.79 Å². The third-order valence-corrected chi connectivity index (χ3v) is 5.94. The molecule has 6 heteroatoms. The van der Waals surface area contributed by atoms with E-state index in [-0.39, 0.29) is 29.8 Å². The smallest absolute Gasteiger partial charge is 0.318 e. The lowest BCUT2D eigenvalue weighted by Crippen LogP contribution is -2.70. The number of amides is 2. The SMILES string of the molecule is CCOC1CC(NC(=O)N2CCCC2c2ccncc2)C12CCCO2. The molecular formula is C19H27N3O3. The molecule has 3 aliphatic rings. The summed E-state index contributed by atoms with van der Waals surface area (Å²) in [6.07, 6.45) is 8.59. The van der Waals surface area contributed by atoms with E-state index in [0.29, 0.717) is 6.61 Å². The Morgan fingerprint density at radius 2 is 2.28 bits per heavy atom. The maximum Gasteiger partial charge on any atom is 0.318 e. The molecule has 4 rings (SSSR count). The lowest BCUT2D eigenvalue weighted by molar-refractivity contribution is -0.195. The van der Waals surface area contributed by atoms with Crippen LogP contribution in [0.25, 0.3) is 0 Å². The molecule has 0 bridgehead atoms. The number of likely N-dealkylation sites (tertiary alicyclic amines) is 1. The number of ether oxygens (including phenoxy) is 2. The standard InChI is InChI=1S/C19H27N3O3/c1-2-24-17-13-16(19(17)8-4-12-25-19)21-18(23)22-11-3-5-15(22)14-6-9-20-10-7-14/h6-7,9-10,15-17H,2-5,8,11-13H2,1H3,(H,21,23). The lowest BCUT2D eigenvalue weighted by Gasteiger charge is -2.52. The zero-order valence-electron chi connectivity index (χ0n) is 14.8. The largest absolute Gasteiger partial charge is 0.375 e. The fourth-order valence-electron chi connectivity index (χ4n) is 4.65. The van der Waals surface area contributed by atoms with Gasteiger partial charge in [0.05, 0.1) is 18.2 Å². The summed E-state index contributed by atoms with van der Waals surface area (Å²) in [5.74, 6) is 0. The monoisotopic (exact) mass is 345 g/mol. The Kier molecular flexibility index (Phi) is 4.65. The first kappa shape index (κ1) is 16.8. The van der Waals surface area contributed by atoms with Crippen molar-refractivity contribution in [2.45, 2.75) is 62.8 Å². The molecule has 1 saturated carbocycles. The van der Waals surface area contributed by atoms with Gasteiger partial charge in [0.15, 0.2) is 0 Å². The number of pyridine rings is 1. The molecule has 1 N–H and O–H groups in total. The van der Waals surface area contributed by atoms with Gasteiger partial charge in [-0.3, -0.25) is 4.98 Å². The van der Waals surface area contributed by atoms with Gasteiger partial charge in [0, 0.05) is 32.2 Å². The summed E-state index contributed by atoms with van der Waals surface area (Å²) >= 11 is 0. The van der Waals surface area contributed by atoms with Crippen molar-refractivity contribution in [1.82, 2.24) is 15.2 Å². The molecule has 6 nitrogen and oxygen atoms in total. The molecule has 4 atom stereocenters. The highest BCUT2D eigenvalue weighted by Gasteiger charge is 2.59. The first-order valence-electron chi connectivity index (χ1n) is 9.47. The first-order chi connectivity index (χ1) is 12.2. The Bertz CT molecular complexity index is 603. The number of carbonyl (C=O) groups excluding carboxylic acids is 1. The van der Waals surface area contributed by atoms with Crippen molar-refractivity contribution in [3.05, 3.63) is 30.1 Å². The molecule has 25 heavy (non-hydrogen) atoms. The van der Waals surface area contributed by atoms with Gasteiger partial charge in [-0.25, -0.2) is 4.79 Å². The summed E-state index contributed by atoms with van der Waals surface area (Å²) in [6, 6.07) is 4.23. The van der Waals surface area contributed by atoms with Crippen molar-refractivity contribution in [2.24, 2.45) is 0 Å². The Morgan fingerprint density at radius 3 is 3.00 bits per heavy atom. The van der Waals surface area contributed by atoms with Crippen molar-refractivity contribution in [1.29, 1.82) is 0 Å². The van der Waals surface area contributed by atoms with Gasteiger partial charge in [-0.05, 0) is 56.7 Å². The fourth-order valence-corrected chi connectivity index (χ4v) is 4.65. The lowest BCUT2D eigenvalue weighted by atomic mass is 9.70. The van der Waals surface area contributed by atoms with E-state index in [0.717, 1.165) is 50.8 Å². The van der Waals surface area contributed by atoms with Gasteiger partial charge in [-0.15, -0.1) is 0 Å². The predicted molar refractivity (Wildman–Crippen MR) is 93.2 cm³/mol. The van der Waals surface area contributed by atoms with Crippen molar-refractivity contribution < 1.29 is 14.3 Å². The molecule has 2 saturated heterocycles. The molecule has 1 aromatic heterocycles. The van der Waals surface area contributed by atoms with Gasteiger partial charge in [-0.1, -0.05) is 0 Å². The summed E-state index contributed by atoms with van der Waals surface area (Å²) in [4.78, 5) is 19.0. The average Bonchev–Trinajstić information content (AvgIpc) is 3.32. The summed E-state index contributed by atoms with van der Waals surface area (Å²) in [6.45, 7) is 4.26. The number of carbonyl (C=O) groups is 1. The van der Waals surface area contributed by atoms with Crippen molar-refractivity contribution in [2.75, 3.05) is 19.8 Å². The summed E-state index contributed by atoms with van der Waals surface area (Å²) < 4.78 is 11.9. The van der Waals surface area contributed by atoms with Crippen LogP contribution < -0.4 is 5.32 Å². The van der Waals surface area contributed by atoms with E-state index < -0.39 is 0 Å². The highest BCUT2D eigenvalue weighted by molar-refractivity contribution is 5.76. The molecule has 2 aliphatic heterocycles. The van der Waals surface area contributed by atoms with Crippen LogP contribution in [0.5, 0.6) is 0 Å². The van der Waals surface area contributed by atoms with Gasteiger partial charge in [-0.2, -0.15) is 0 Å². The third kappa shape index (κ3) is 2.91. The second-order valence-corrected chi connectivity index (χ2v) is 7.22. The van der Waals surface area contributed by atoms with Gasteiger partial charge in [0.1, 0.15) is 5.60 Å². The van der Waals surface area contributed by atoms with Crippen molar-refractivity contribution in [3.8, 4) is 0 Å². The fraction of sp³-hybridized carbons (Fsp3) is 0.684. The topological polar surface area (TPSA) is 63.7 Å². The molecular weight excluding hydrogens is 318 g/mol. The van der Waals surface area contributed by atoms with Gasteiger partial charge < -0.3 is 19.7 Å². The van der Waals surface area contributed by atoms with Crippen LogP contribution in [0.3, 0.4) is 0 Å². The van der Waals surface area contributed by atoms with E-state index in [4.69, 9.17) is 9.47 Å². The molecule has 1 aromatic rings. The summed E-state index contributed by atoms with van der Waals surface area (Å²) in [7, 11) is 0. The molecule has 1 spiro atoms. The van der Waals surface area contributed by atoms with E-state index in [1.54, 1.807) is 12.4 Å². The Hall–Kier alpha value is -1.66. The van der Waals surface area contributed by atoms with E-state index in [9.17, 15) is 4.79 Å². The number of rotatable bonds is 4. The number of hydrogen-bond donors (Lipinski definition) is 1. The Morgan fingerprint density at radius 1 is 1.44 bits per heavy atom. The quantitative estimate of drug-likeness (QED) is 0.911. The number of nitrogens with zero attached hydrogens (tertiary/aromatic N) is 2. The van der Waals surface area contributed by atoms with Crippen LogP contribution in [-0.4, -0.2) is 53.4 Å². The minimum Gasteiger partial charge on any atom is -0.375 e. The molecule has 3 heterocycles. The van der Waals surface area contributed by atoms with Crippen LogP contribution in [0.2, 0.25) is 0 Å². The Balaban J connectivity index is 1.43. The van der Waals surface area contributed by atoms with E-state index in [1.165, 1.54) is 0 Å². The van der Waals surface area contributed by atoms with E-state index >= 15 is 0 Å². The normalized spacial score (nSPS) is 34.3. The number of aromatic nitrogens is 1. The molecule has 3 fully saturated rings. The van der Waals surface area contributed by atoms with Gasteiger partial charge >= 0.3 is 6.03 Å². The minimum absolute atomic E-state index is 0.0223. The second kappa shape index (κ2) is 6.92. The van der Waals surface area contributed by atoms with E-state index in [1.807, 2.05) is 24.0 Å². The van der Waals surface area contributed by atoms with Crippen LogP contribution in [0.1, 0.15) is 50.6 Å². The number of hydrogen-bond acceptors (Lipinski definition) is 4. The maximum atomic E-state index is 12.9. The van der Waals surface area contributed by atoms with E-state index in [2.05, 4.69) is 10.3 Å². The third-order valence-electron chi connectivity index (χ3n) is 5.94. The zero-order chi connectivity index (χ0) is 17.3. The number of nitrogens with one attached hydrogen (secondary N) is 1.